The summed E-state index contributed by atoms with van der Waals surface area (Å²) in [5, 5.41) is 8.99. The average Bonchev–Trinajstić information content (AvgIpc) is 2.46. The van der Waals surface area contributed by atoms with E-state index in [1.807, 2.05) is 36.4 Å². The summed E-state index contributed by atoms with van der Waals surface area (Å²) in [5.74, 6) is 0.527. The van der Waals surface area contributed by atoms with Crippen LogP contribution >= 0.6 is 15.9 Å². The molecule has 0 radical (unpaired) electrons. The number of nitrogens with zero attached hydrogens (tertiary/aromatic N) is 1. The van der Waals surface area contributed by atoms with Crippen molar-refractivity contribution in [2.45, 2.75) is 6.61 Å². The Hall–Kier alpha value is -1.83. The molecule has 2 aromatic rings. The number of hydrogen-bond donors (Lipinski definition) is 0. The van der Waals surface area contributed by atoms with Crippen molar-refractivity contribution >= 4 is 15.9 Å². The van der Waals surface area contributed by atoms with Crippen molar-refractivity contribution in [2.24, 2.45) is 0 Å². The maximum atomic E-state index is 8.99. The molecule has 0 aliphatic heterocycles. The molecule has 0 amide bonds. The molecular weight excluding hydrogens is 306 g/mol. The van der Waals surface area contributed by atoms with E-state index < -0.39 is 0 Å². The van der Waals surface area contributed by atoms with Crippen molar-refractivity contribution in [2.75, 3.05) is 6.79 Å². The topological polar surface area (TPSA) is 42.2 Å². The summed E-state index contributed by atoms with van der Waals surface area (Å²) in [4.78, 5) is 0. The van der Waals surface area contributed by atoms with E-state index in [1.165, 1.54) is 0 Å². The van der Waals surface area contributed by atoms with Crippen molar-refractivity contribution in [3.05, 3.63) is 64.1 Å². The summed E-state index contributed by atoms with van der Waals surface area (Å²) in [6, 6.07) is 17.2. The molecule has 0 aliphatic carbocycles. The predicted molar refractivity (Wildman–Crippen MR) is 75.6 cm³/mol. The van der Waals surface area contributed by atoms with Gasteiger partial charge in [0.15, 0.2) is 6.79 Å². The van der Waals surface area contributed by atoms with Crippen LogP contribution in [0.25, 0.3) is 0 Å². The zero-order valence-corrected chi connectivity index (χ0v) is 11.8. The van der Waals surface area contributed by atoms with Crippen LogP contribution in [0.2, 0.25) is 0 Å². The second-order valence-corrected chi connectivity index (χ2v) is 4.76. The first kappa shape index (κ1) is 13.6. The smallest absolute Gasteiger partial charge is 0.189 e. The fourth-order valence-corrected chi connectivity index (χ4v) is 1.92. The summed E-state index contributed by atoms with van der Waals surface area (Å²) < 4.78 is 11.7. The van der Waals surface area contributed by atoms with E-state index in [-0.39, 0.29) is 6.79 Å². The highest BCUT2D eigenvalue weighted by Crippen LogP contribution is 2.22. The van der Waals surface area contributed by atoms with Crippen LogP contribution < -0.4 is 4.74 Å². The molecule has 0 saturated carbocycles. The molecule has 0 saturated heterocycles. The van der Waals surface area contributed by atoms with Crippen molar-refractivity contribution in [1.82, 2.24) is 0 Å². The van der Waals surface area contributed by atoms with Gasteiger partial charge in [-0.15, -0.1) is 0 Å². The first-order chi connectivity index (χ1) is 9.29. The van der Waals surface area contributed by atoms with E-state index in [0.717, 1.165) is 10.0 Å². The van der Waals surface area contributed by atoms with E-state index in [4.69, 9.17) is 14.7 Å². The maximum Gasteiger partial charge on any atom is 0.189 e. The zero-order chi connectivity index (χ0) is 13.5. The standard InChI is InChI=1S/C15H12BrNO2/c16-14-6-7-15(13(8-14)9-17)19-11-18-10-12-4-2-1-3-5-12/h1-8H,10-11H2. The Bertz CT molecular complexity index is 578. The first-order valence-electron chi connectivity index (χ1n) is 5.74. The minimum atomic E-state index is 0.116. The molecule has 2 rings (SSSR count). The van der Waals surface area contributed by atoms with Gasteiger partial charge in [-0.25, -0.2) is 0 Å². The molecule has 3 nitrogen and oxygen atoms in total. The number of hydrogen-bond acceptors (Lipinski definition) is 3. The van der Waals surface area contributed by atoms with E-state index in [1.54, 1.807) is 12.1 Å². The van der Waals surface area contributed by atoms with Crippen LogP contribution in [-0.2, 0) is 11.3 Å². The van der Waals surface area contributed by atoms with Gasteiger partial charge in [-0.3, -0.25) is 0 Å². The SMILES string of the molecule is N#Cc1cc(Br)ccc1OCOCc1ccccc1. The van der Waals surface area contributed by atoms with E-state index in [2.05, 4.69) is 22.0 Å². The Kier molecular flexibility index (Phi) is 4.96. The van der Waals surface area contributed by atoms with Gasteiger partial charge in [0.1, 0.15) is 11.8 Å². The lowest BCUT2D eigenvalue weighted by molar-refractivity contribution is 0.00488. The largest absolute Gasteiger partial charge is 0.466 e. The average molecular weight is 318 g/mol. The van der Waals surface area contributed by atoms with Gasteiger partial charge in [-0.1, -0.05) is 46.3 Å². The maximum absolute atomic E-state index is 8.99. The highest BCUT2D eigenvalue weighted by Gasteiger charge is 2.03. The lowest BCUT2D eigenvalue weighted by Crippen LogP contribution is -2.04. The lowest BCUT2D eigenvalue weighted by Gasteiger charge is -2.08. The molecule has 0 bridgehead atoms. The quantitative estimate of drug-likeness (QED) is 0.621. The highest BCUT2D eigenvalue weighted by molar-refractivity contribution is 9.10. The second kappa shape index (κ2) is 6.93. The van der Waals surface area contributed by atoms with E-state index in [9.17, 15) is 0 Å². The molecule has 19 heavy (non-hydrogen) atoms. The molecule has 0 fully saturated rings. The normalized spacial score (nSPS) is 9.89. The fraction of sp³-hybridized carbons (Fsp3) is 0.133. The number of rotatable bonds is 5. The zero-order valence-electron chi connectivity index (χ0n) is 10.2. The molecule has 2 aromatic carbocycles. The van der Waals surface area contributed by atoms with Crippen molar-refractivity contribution in [3.63, 3.8) is 0 Å². The molecule has 0 aromatic heterocycles. The monoisotopic (exact) mass is 317 g/mol. The Labute approximate surface area is 120 Å². The van der Waals surface area contributed by atoms with Crippen LogP contribution in [0.15, 0.2) is 53.0 Å². The molecule has 0 atom stereocenters. The molecule has 0 spiro atoms. The summed E-state index contributed by atoms with van der Waals surface area (Å²) in [7, 11) is 0. The molecule has 96 valence electrons. The molecule has 0 aliphatic rings. The van der Waals surface area contributed by atoms with Crippen LogP contribution in [0.5, 0.6) is 5.75 Å². The summed E-state index contributed by atoms with van der Waals surface area (Å²) in [6.07, 6.45) is 0. The third-order valence-corrected chi connectivity index (χ3v) is 2.96. The third kappa shape index (κ3) is 4.09. The minimum absolute atomic E-state index is 0.116. The van der Waals surface area contributed by atoms with Gasteiger partial charge in [-0.05, 0) is 23.8 Å². The molecule has 0 heterocycles. The van der Waals surface area contributed by atoms with E-state index in [0.29, 0.717) is 17.9 Å². The number of benzene rings is 2. The van der Waals surface area contributed by atoms with Crippen LogP contribution in [0.4, 0.5) is 0 Å². The van der Waals surface area contributed by atoms with Crippen molar-refractivity contribution in [3.8, 4) is 11.8 Å². The Morgan fingerprint density at radius 1 is 1.11 bits per heavy atom. The van der Waals surface area contributed by atoms with Crippen molar-refractivity contribution in [1.29, 1.82) is 5.26 Å². The first-order valence-corrected chi connectivity index (χ1v) is 6.53. The van der Waals surface area contributed by atoms with Crippen LogP contribution in [0.3, 0.4) is 0 Å². The summed E-state index contributed by atoms with van der Waals surface area (Å²) in [6.45, 7) is 0.602. The number of halogens is 1. The van der Waals surface area contributed by atoms with E-state index >= 15 is 0 Å². The Balaban J connectivity index is 1.85. The predicted octanol–water partition coefficient (Wildman–Crippen LogP) is 3.87. The molecule has 0 unspecified atom stereocenters. The van der Waals surface area contributed by atoms with Gasteiger partial charge < -0.3 is 9.47 Å². The number of ether oxygens (including phenoxy) is 2. The van der Waals surface area contributed by atoms with Crippen LogP contribution in [0, 0.1) is 11.3 Å². The lowest BCUT2D eigenvalue weighted by atomic mass is 10.2. The minimum Gasteiger partial charge on any atom is -0.466 e. The Morgan fingerprint density at radius 3 is 2.63 bits per heavy atom. The molecule has 4 heteroatoms. The second-order valence-electron chi connectivity index (χ2n) is 3.85. The summed E-state index contributed by atoms with van der Waals surface area (Å²) >= 11 is 3.31. The fourth-order valence-electron chi connectivity index (χ4n) is 1.55. The van der Waals surface area contributed by atoms with Gasteiger partial charge in [0.25, 0.3) is 0 Å². The van der Waals surface area contributed by atoms with Crippen LogP contribution in [0.1, 0.15) is 11.1 Å². The van der Waals surface area contributed by atoms with Gasteiger partial charge in [0.2, 0.25) is 0 Å². The van der Waals surface area contributed by atoms with Gasteiger partial charge in [-0.2, -0.15) is 5.26 Å². The third-order valence-electron chi connectivity index (χ3n) is 2.47. The van der Waals surface area contributed by atoms with Crippen LogP contribution in [-0.4, -0.2) is 6.79 Å². The van der Waals surface area contributed by atoms with Gasteiger partial charge in [0.05, 0.1) is 12.2 Å². The molecule has 0 N–H and O–H groups in total. The Morgan fingerprint density at radius 2 is 1.89 bits per heavy atom. The molecular formula is C15H12BrNO2. The van der Waals surface area contributed by atoms with Gasteiger partial charge in [0, 0.05) is 4.47 Å². The van der Waals surface area contributed by atoms with Gasteiger partial charge >= 0.3 is 0 Å². The summed E-state index contributed by atoms with van der Waals surface area (Å²) in [5.41, 5.74) is 1.57. The highest BCUT2D eigenvalue weighted by atomic mass is 79.9. The van der Waals surface area contributed by atoms with Crippen molar-refractivity contribution < 1.29 is 9.47 Å². The number of nitriles is 1.